The molecule has 0 atom stereocenters. The van der Waals surface area contributed by atoms with Crippen LogP contribution in [-0.4, -0.2) is 4.98 Å². The molecule has 0 unspecified atom stereocenters. The number of nitrogen functional groups attached to an aromatic ring is 1. The summed E-state index contributed by atoms with van der Waals surface area (Å²) < 4.78 is 13.3. The lowest BCUT2D eigenvalue weighted by molar-refractivity contribution is 0.631. The Kier molecular flexibility index (Phi) is 2.14. The van der Waals surface area contributed by atoms with Crippen molar-refractivity contribution in [1.29, 1.82) is 0 Å². The summed E-state index contributed by atoms with van der Waals surface area (Å²) in [6.07, 6.45) is 1.54. The van der Waals surface area contributed by atoms with Crippen molar-refractivity contribution < 1.29 is 4.39 Å². The third-order valence-corrected chi connectivity index (χ3v) is 1.90. The lowest BCUT2D eigenvalue weighted by Gasteiger charge is -2.04. The third kappa shape index (κ3) is 1.44. The predicted molar refractivity (Wildman–Crippen MR) is 52.9 cm³/mol. The quantitative estimate of drug-likeness (QED) is 0.743. The minimum Gasteiger partial charge on any atom is -0.396 e. The van der Waals surface area contributed by atoms with Crippen molar-refractivity contribution in [3.63, 3.8) is 0 Å². The molecule has 1 aromatic heterocycles. The van der Waals surface area contributed by atoms with Gasteiger partial charge in [0.25, 0.3) is 0 Å². The van der Waals surface area contributed by atoms with Crippen molar-refractivity contribution in [2.24, 2.45) is 0 Å². The molecule has 3 heteroatoms. The van der Waals surface area contributed by atoms with E-state index in [0.717, 1.165) is 0 Å². The average molecular weight is 187 g/mol. The second-order valence-corrected chi connectivity index (χ2v) is 2.83. The fourth-order valence-corrected chi connectivity index (χ4v) is 1.24. The molecular weight excluding hydrogens is 179 g/mol. The SMILES string of the molecule is Nc1[c]ccnc1-c1ccccc1F. The van der Waals surface area contributed by atoms with Gasteiger partial charge in [-0.25, -0.2) is 4.39 Å². The van der Waals surface area contributed by atoms with E-state index in [2.05, 4.69) is 11.1 Å². The Labute approximate surface area is 81.2 Å². The van der Waals surface area contributed by atoms with Crippen LogP contribution >= 0.6 is 0 Å². The van der Waals surface area contributed by atoms with Crippen LogP contribution in [0, 0.1) is 11.9 Å². The van der Waals surface area contributed by atoms with E-state index in [4.69, 9.17) is 5.73 Å². The number of benzene rings is 1. The van der Waals surface area contributed by atoms with Crippen molar-refractivity contribution in [1.82, 2.24) is 4.98 Å². The number of nitrogens with two attached hydrogens (primary N) is 1. The number of anilines is 1. The van der Waals surface area contributed by atoms with E-state index in [-0.39, 0.29) is 5.82 Å². The lowest BCUT2D eigenvalue weighted by atomic mass is 10.1. The molecule has 0 spiro atoms. The molecule has 1 radical (unpaired) electrons. The molecule has 0 saturated heterocycles. The summed E-state index contributed by atoms with van der Waals surface area (Å²) in [5.41, 5.74) is 6.84. The van der Waals surface area contributed by atoms with Crippen LogP contribution in [0.1, 0.15) is 0 Å². The van der Waals surface area contributed by atoms with Crippen LogP contribution in [0.25, 0.3) is 11.3 Å². The van der Waals surface area contributed by atoms with Gasteiger partial charge in [0.2, 0.25) is 0 Å². The maximum absolute atomic E-state index is 13.3. The molecule has 1 aromatic carbocycles. The Bertz CT molecular complexity index is 411. The summed E-state index contributed by atoms with van der Waals surface area (Å²) >= 11 is 0. The number of aromatic nitrogens is 1. The van der Waals surface area contributed by atoms with E-state index >= 15 is 0 Å². The van der Waals surface area contributed by atoms with Gasteiger partial charge in [0.05, 0.1) is 11.4 Å². The largest absolute Gasteiger partial charge is 0.396 e. The summed E-state index contributed by atoms with van der Waals surface area (Å²) in [7, 11) is 0. The van der Waals surface area contributed by atoms with E-state index in [9.17, 15) is 4.39 Å². The zero-order chi connectivity index (χ0) is 9.97. The van der Waals surface area contributed by atoms with E-state index in [1.807, 2.05) is 0 Å². The van der Waals surface area contributed by atoms with E-state index < -0.39 is 0 Å². The van der Waals surface area contributed by atoms with Crippen LogP contribution in [0.2, 0.25) is 0 Å². The normalized spacial score (nSPS) is 10.1. The van der Waals surface area contributed by atoms with Gasteiger partial charge in [-0.1, -0.05) is 12.1 Å². The summed E-state index contributed by atoms with van der Waals surface area (Å²) in [5, 5.41) is 0. The summed E-state index contributed by atoms with van der Waals surface area (Å²) in [6.45, 7) is 0. The van der Waals surface area contributed by atoms with Gasteiger partial charge in [0.1, 0.15) is 5.82 Å². The molecule has 2 aromatic rings. The third-order valence-electron chi connectivity index (χ3n) is 1.90. The first kappa shape index (κ1) is 8.69. The van der Waals surface area contributed by atoms with E-state index in [1.165, 1.54) is 12.3 Å². The Hall–Kier alpha value is -1.90. The number of pyridine rings is 1. The number of halogens is 1. The van der Waals surface area contributed by atoms with Crippen LogP contribution < -0.4 is 5.73 Å². The van der Waals surface area contributed by atoms with Gasteiger partial charge in [0, 0.05) is 17.8 Å². The van der Waals surface area contributed by atoms with Gasteiger partial charge in [0.15, 0.2) is 0 Å². The first-order chi connectivity index (χ1) is 6.79. The van der Waals surface area contributed by atoms with Crippen molar-refractivity contribution in [3.05, 3.63) is 48.4 Å². The van der Waals surface area contributed by atoms with Gasteiger partial charge in [-0.3, -0.25) is 4.98 Å². The fourth-order valence-electron chi connectivity index (χ4n) is 1.24. The first-order valence-corrected chi connectivity index (χ1v) is 4.16. The molecule has 2 N–H and O–H groups in total. The molecule has 2 rings (SSSR count). The highest BCUT2D eigenvalue weighted by molar-refractivity contribution is 5.71. The van der Waals surface area contributed by atoms with Crippen molar-refractivity contribution >= 4 is 5.69 Å². The summed E-state index contributed by atoms with van der Waals surface area (Å²) in [5.74, 6) is -0.327. The van der Waals surface area contributed by atoms with Crippen molar-refractivity contribution in [2.75, 3.05) is 5.73 Å². The van der Waals surface area contributed by atoms with Crippen molar-refractivity contribution in [3.8, 4) is 11.3 Å². The minimum atomic E-state index is -0.327. The van der Waals surface area contributed by atoms with Crippen LogP contribution in [-0.2, 0) is 0 Å². The molecular formula is C11H8FN2. The highest BCUT2D eigenvalue weighted by atomic mass is 19.1. The molecule has 0 fully saturated rings. The zero-order valence-corrected chi connectivity index (χ0v) is 7.37. The first-order valence-electron chi connectivity index (χ1n) is 4.16. The zero-order valence-electron chi connectivity index (χ0n) is 7.37. The van der Waals surface area contributed by atoms with Gasteiger partial charge in [-0.2, -0.15) is 0 Å². The Morgan fingerprint density at radius 1 is 1.29 bits per heavy atom. The topological polar surface area (TPSA) is 38.9 Å². The summed E-state index contributed by atoms with van der Waals surface area (Å²) in [4.78, 5) is 4.01. The second-order valence-electron chi connectivity index (χ2n) is 2.83. The lowest BCUT2D eigenvalue weighted by Crippen LogP contribution is -1.94. The second kappa shape index (κ2) is 3.46. The van der Waals surface area contributed by atoms with Crippen LogP contribution in [0.5, 0.6) is 0 Å². The molecule has 2 nitrogen and oxygen atoms in total. The Morgan fingerprint density at radius 3 is 2.79 bits per heavy atom. The molecule has 69 valence electrons. The predicted octanol–water partition coefficient (Wildman–Crippen LogP) is 2.27. The molecule has 0 bridgehead atoms. The van der Waals surface area contributed by atoms with E-state index in [0.29, 0.717) is 16.9 Å². The number of hydrogen-bond acceptors (Lipinski definition) is 2. The fraction of sp³-hybridized carbons (Fsp3) is 0. The molecule has 14 heavy (non-hydrogen) atoms. The van der Waals surface area contributed by atoms with Gasteiger partial charge < -0.3 is 5.73 Å². The molecule has 0 aliphatic heterocycles. The van der Waals surface area contributed by atoms with Crippen LogP contribution in [0.15, 0.2) is 36.5 Å². The van der Waals surface area contributed by atoms with Crippen LogP contribution in [0.4, 0.5) is 10.1 Å². The Morgan fingerprint density at radius 2 is 2.07 bits per heavy atom. The van der Waals surface area contributed by atoms with Crippen molar-refractivity contribution in [2.45, 2.75) is 0 Å². The van der Waals surface area contributed by atoms with E-state index in [1.54, 1.807) is 24.3 Å². The Balaban J connectivity index is 2.61. The number of rotatable bonds is 1. The molecule has 0 amide bonds. The summed E-state index contributed by atoms with van der Waals surface area (Å²) in [6, 6.07) is 10.8. The highest BCUT2D eigenvalue weighted by Gasteiger charge is 2.07. The number of nitrogens with zero attached hydrogens (tertiary/aromatic N) is 1. The average Bonchev–Trinajstić information content (AvgIpc) is 2.20. The van der Waals surface area contributed by atoms with Gasteiger partial charge in [-0.15, -0.1) is 0 Å². The minimum absolute atomic E-state index is 0.327. The maximum atomic E-state index is 13.3. The molecule has 1 heterocycles. The van der Waals surface area contributed by atoms with Gasteiger partial charge in [-0.05, 0) is 18.2 Å². The maximum Gasteiger partial charge on any atom is 0.132 e. The number of hydrogen-bond donors (Lipinski definition) is 1. The molecule has 0 saturated carbocycles. The van der Waals surface area contributed by atoms with Gasteiger partial charge >= 0.3 is 0 Å². The smallest absolute Gasteiger partial charge is 0.132 e. The van der Waals surface area contributed by atoms with Crippen LogP contribution in [0.3, 0.4) is 0 Å². The standard InChI is InChI=1S/C11H8FN2/c12-9-5-2-1-4-8(9)11-10(13)6-3-7-14-11/h1-5,7H,13H2. The monoisotopic (exact) mass is 187 g/mol. The molecule has 0 aliphatic rings. The highest BCUT2D eigenvalue weighted by Crippen LogP contribution is 2.24. The molecule has 0 aliphatic carbocycles.